The molecular formula is C17H20N4O. The Morgan fingerprint density at radius 2 is 2.05 bits per heavy atom. The molecule has 2 aliphatic rings. The molecule has 0 atom stereocenters. The van der Waals surface area contributed by atoms with Crippen LogP contribution in [0.2, 0.25) is 0 Å². The normalized spacial score (nSPS) is 18.2. The Hall–Kier alpha value is -2.14. The molecule has 0 spiro atoms. The average Bonchev–Trinajstić information content (AvgIpc) is 3.31. The van der Waals surface area contributed by atoms with Gasteiger partial charge in [0.2, 0.25) is 0 Å². The Morgan fingerprint density at radius 3 is 2.77 bits per heavy atom. The van der Waals surface area contributed by atoms with Crippen molar-refractivity contribution in [1.82, 2.24) is 14.9 Å². The molecular weight excluding hydrogens is 276 g/mol. The molecule has 0 saturated heterocycles. The van der Waals surface area contributed by atoms with Crippen LogP contribution in [0.4, 0.5) is 5.69 Å². The summed E-state index contributed by atoms with van der Waals surface area (Å²) >= 11 is 0. The molecule has 1 fully saturated rings. The minimum absolute atomic E-state index is 0.00268. The number of aromatic amines is 1. The fourth-order valence-electron chi connectivity index (χ4n) is 3.09. The van der Waals surface area contributed by atoms with Gasteiger partial charge in [0.25, 0.3) is 5.56 Å². The van der Waals surface area contributed by atoms with Gasteiger partial charge in [0.05, 0.1) is 5.69 Å². The lowest BCUT2D eigenvalue weighted by Gasteiger charge is -2.27. The van der Waals surface area contributed by atoms with Crippen LogP contribution in [-0.4, -0.2) is 28.0 Å². The van der Waals surface area contributed by atoms with Crippen LogP contribution in [0, 0.1) is 5.92 Å². The van der Waals surface area contributed by atoms with Crippen LogP contribution in [0.1, 0.15) is 24.1 Å². The fraction of sp³-hybridized carbons (Fsp3) is 0.412. The first-order valence-corrected chi connectivity index (χ1v) is 7.89. The lowest BCUT2D eigenvalue weighted by Crippen LogP contribution is -2.36. The van der Waals surface area contributed by atoms with Gasteiger partial charge in [0.1, 0.15) is 5.82 Å². The van der Waals surface area contributed by atoms with Crippen molar-refractivity contribution in [3.8, 4) is 11.4 Å². The van der Waals surface area contributed by atoms with Gasteiger partial charge < -0.3 is 10.7 Å². The molecule has 1 aliphatic heterocycles. The molecule has 5 heteroatoms. The van der Waals surface area contributed by atoms with E-state index in [1.54, 1.807) is 0 Å². The van der Waals surface area contributed by atoms with Gasteiger partial charge in [0, 0.05) is 36.4 Å². The predicted molar refractivity (Wildman–Crippen MR) is 86.4 cm³/mol. The third kappa shape index (κ3) is 2.64. The Labute approximate surface area is 129 Å². The number of hydrogen-bond acceptors (Lipinski definition) is 4. The van der Waals surface area contributed by atoms with Crippen LogP contribution in [0.15, 0.2) is 29.1 Å². The highest BCUT2D eigenvalue weighted by molar-refractivity contribution is 5.58. The minimum atomic E-state index is 0.00268. The summed E-state index contributed by atoms with van der Waals surface area (Å²) in [5.41, 5.74) is 9.11. The molecule has 0 bridgehead atoms. The van der Waals surface area contributed by atoms with Gasteiger partial charge in [-0.2, -0.15) is 0 Å². The van der Waals surface area contributed by atoms with E-state index < -0.39 is 0 Å². The maximum Gasteiger partial charge on any atom is 0.254 e. The molecule has 22 heavy (non-hydrogen) atoms. The van der Waals surface area contributed by atoms with Gasteiger partial charge in [-0.05, 0) is 49.4 Å². The summed E-state index contributed by atoms with van der Waals surface area (Å²) in [5, 5.41) is 0. The molecule has 0 unspecified atom stereocenters. The van der Waals surface area contributed by atoms with Gasteiger partial charge in [0.15, 0.2) is 0 Å². The van der Waals surface area contributed by atoms with Crippen LogP contribution in [0.25, 0.3) is 11.4 Å². The predicted octanol–water partition coefficient (Wildman–Crippen LogP) is 1.79. The van der Waals surface area contributed by atoms with E-state index in [9.17, 15) is 4.79 Å². The lowest BCUT2D eigenvalue weighted by atomic mass is 10.1. The molecule has 4 rings (SSSR count). The zero-order valence-corrected chi connectivity index (χ0v) is 12.5. The smallest absolute Gasteiger partial charge is 0.254 e. The van der Waals surface area contributed by atoms with E-state index in [0.29, 0.717) is 11.5 Å². The molecule has 3 N–H and O–H groups in total. The Balaban J connectivity index is 1.66. The molecule has 0 radical (unpaired) electrons. The second kappa shape index (κ2) is 5.25. The number of fused-ring (bicyclic) bond motifs is 1. The number of benzene rings is 1. The van der Waals surface area contributed by atoms with Crippen molar-refractivity contribution in [2.45, 2.75) is 25.8 Å². The first kappa shape index (κ1) is 13.5. The Kier molecular flexibility index (Phi) is 3.22. The van der Waals surface area contributed by atoms with Crippen molar-refractivity contribution in [1.29, 1.82) is 0 Å². The Bertz CT molecular complexity index is 746. The zero-order valence-electron chi connectivity index (χ0n) is 12.5. The van der Waals surface area contributed by atoms with Crippen LogP contribution in [-0.2, 0) is 13.0 Å². The van der Waals surface area contributed by atoms with Crippen LogP contribution in [0.3, 0.4) is 0 Å². The minimum Gasteiger partial charge on any atom is -0.399 e. The van der Waals surface area contributed by atoms with Crippen molar-refractivity contribution in [2.75, 3.05) is 18.8 Å². The van der Waals surface area contributed by atoms with Gasteiger partial charge in [-0.1, -0.05) is 0 Å². The zero-order chi connectivity index (χ0) is 15.1. The SMILES string of the molecule is Nc1ccc(-c2nc3c(c(=O)[nH]2)CCN(CC2CC2)C3)cc1. The number of rotatable bonds is 3. The topological polar surface area (TPSA) is 75.0 Å². The molecule has 114 valence electrons. The van der Waals surface area contributed by atoms with Crippen molar-refractivity contribution in [3.63, 3.8) is 0 Å². The highest BCUT2D eigenvalue weighted by Gasteiger charge is 2.27. The number of nitrogen functional groups attached to an aromatic ring is 1. The van der Waals surface area contributed by atoms with Crippen molar-refractivity contribution < 1.29 is 0 Å². The van der Waals surface area contributed by atoms with Crippen molar-refractivity contribution in [2.24, 2.45) is 5.92 Å². The highest BCUT2D eigenvalue weighted by atomic mass is 16.1. The standard InChI is InChI=1S/C17H20N4O/c18-13-5-3-12(4-6-13)16-19-15-10-21(9-11-1-2-11)8-7-14(15)17(22)20-16/h3-6,11H,1-2,7-10,18H2,(H,19,20,22). The van der Waals surface area contributed by atoms with Gasteiger partial charge in [-0.15, -0.1) is 0 Å². The quantitative estimate of drug-likeness (QED) is 0.847. The molecule has 1 aromatic heterocycles. The summed E-state index contributed by atoms with van der Waals surface area (Å²) in [4.78, 5) is 22.4. The monoisotopic (exact) mass is 296 g/mol. The van der Waals surface area contributed by atoms with Crippen LogP contribution < -0.4 is 11.3 Å². The molecule has 1 aliphatic carbocycles. The maximum absolute atomic E-state index is 12.3. The number of nitrogens with one attached hydrogen (secondary N) is 1. The first-order valence-electron chi connectivity index (χ1n) is 7.89. The van der Waals surface area contributed by atoms with E-state index in [2.05, 4.69) is 9.88 Å². The van der Waals surface area contributed by atoms with Crippen molar-refractivity contribution in [3.05, 3.63) is 45.9 Å². The summed E-state index contributed by atoms with van der Waals surface area (Å²) in [6.07, 6.45) is 3.50. The van der Waals surface area contributed by atoms with E-state index in [1.807, 2.05) is 24.3 Å². The van der Waals surface area contributed by atoms with Crippen LogP contribution >= 0.6 is 0 Å². The molecule has 1 saturated carbocycles. The Morgan fingerprint density at radius 1 is 1.27 bits per heavy atom. The third-order valence-corrected chi connectivity index (χ3v) is 4.55. The number of nitrogens with two attached hydrogens (primary N) is 1. The summed E-state index contributed by atoms with van der Waals surface area (Å²) < 4.78 is 0. The number of aromatic nitrogens is 2. The average molecular weight is 296 g/mol. The number of anilines is 1. The molecule has 2 heterocycles. The fourth-order valence-corrected chi connectivity index (χ4v) is 3.09. The van der Waals surface area contributed by atoms with E-state index in [1.165, 1.54) is 12.8 Å². The van der Waals surface area contributed by atoms with E-state index in [-0.39, 0.29) is 5.56 Å². The first-order chi connectivity index (χ1) is 10.7. The highest BCUT2D eigenvalue weighted by Crippen LogP contribution is 2.31. The summed E-state index contributed by atoms with van der Waals surface area (Å²) in [5.74, 6) is 1.50. The van der Waals surface area contributed by atoms with Crippen molar-refractivity contribution >= 4 is 5.69 Å². The third-order valence-electron chi connectivity index (χ3n) is 4.55. The van der Waals surface area contributed by atoms with E-state index in [0.717, 1.165) is 48.8 Å². The second-order valence-corrected chi connectivity index (χ2v) is 6.39. The van der Waals surface area contributed by atoms with E-state index in [4.69, 9.17) is 10.7 Å². The van der Waals surface area contributed by atoms with Crippen LogP contribution in [0.5, 0.6) is 0 Å². The van der Waals surface area contributed by atoms with Gasteiger partial charge >= 0.3 is 0 Å². The van der Waals surface area contributed by atoms with Gasteiger partial charge in [-0.25, -0.2) is 4.98 Å². The molecule has 2 aromatic rings. The largest absolute Gasteiger partial charge is 0.399 e. The lowest BCUT2D eigenvalue weighted by molar-refractivity contribution is 0.239. The summed E-state index contributed by atoms with van der Waals surface area (Å²) in [7, 11) is 0. The maximum atomic E-state index is 12.3. The number of hydrogen-bond donors (Lipinski definition) is 2. The molecule has 5 nitrogen and oxygen atoms in total. The number of H-pyrrole nitrogens is 1. The number of nitrogens with zero attached hydrogens (tertiary/aromatic N) is 2. The summed E-state index contributed by atoms with van der Waals surface area (Å²) in [6, 6.07) is 7.44. The molecule has 0 amide bonds. The molecule has 1 aromatic carbocycles. The summed E-state index contributed by atoms with van der Waals surface area (Å²) in [6.45, 7) is 2.90. The van der Waals surface area contributed by atoms with Gasteiger partial charge in [-0.3, -0.25) is 9.69 Å². The van der Waals surface area contributed by atoms with E-state index >= 15 is 0 Å². The second-order valence-electron chi connectivity index (χ2n) is 6.39.